The second-order valence-electron chi connectivity index (χ2n) is 2.78. The Hall–Kier alpha value is -0.800. The van der Waals surface area contributed by atoms with Crippen LogP contribution in [-0.2, 0) is 4.89 Å². The lowest BCUT2D eigenvalue weighted by molar-refractivity contribution is -0.213. The maximum absolute atomic E-state index is 4.91. The van der Waals surface area contributed by atoms with Crippen molar-refractivity contribution in [3.63, 3.8) is 0 Å². The van der Waals surface area contributed by atoms with E-state index in [0.717, 1.165) is 12.8 Å². The molecule has 1 heterocycles. The van der Waals surface area contributed by atoms with Crippen LogP contribution < -0.4 is 10.5 Å². The molecular formula is C10H20N3O2P. The third kappa shape index (κ3) is 6.64. The highest BCUT2D eigenvalue weighted by atomic mass is 31.0. The highest BCUT2D eigenvalue weighted by Gasteiger charge is 2.01. The van der Waals surface area contributed by atoms with Crippen molar-refractivity contribution in [2.75, 3.05) is 6.61 Å². The van der Waals surface area contributed by atoms with Crippen molar-refractivity contribution in [3.05, 3.63) is 5.82 Å². The predicted octanol–water partition coefficient (Wildman–Crippen LogP) is 1.82. The van der Waals surface area contributed by atoms with Gasteiger partial charge in [0, 0.05) is 0 Å². The first-order valence-corrected chi connectivity index (χ1v) is 6.07. The molecule has 16 heavy (non-hydrogen) atoms. The number of nitrogens with zero attached hydrogens (tertiary/aromatic N) is 3. The van der Waals surface area contributed by atoms with Crippen molar-refractivity contribution in [1.82, 2.24) is 15.0 Å². The van der Waals surface area contributed by atoms with Gasteiger partial charge in [0.15, 0.2) is 5.57 Å². The van der Waals surface area contributed by atoms with Gasteiger partial charge in [-0.2, -0.15) is 14.9 Å². The summed E-state index contributed by atoms with van der Waals surface area (Å²) in [6.45, 7) is 8.40. The van der Waals surface area contributed by atoms with Crippen LogP contribution in [0.5, 0.6) is 6.01 Å². The lowest BCUT2D eigenvalue weighted by atomic mass is 10.4. The van der Waals surface area contributed by atoms with E-state index in [9.17, 15) is 0 Å². The fourth-order valence-electron chi connectivity index (χ4n) is 0.812. The Morgan fingerprint density at radius 2 is 1.88 bits per heavy atom. The first-order valence-electron chi connectivity index (χ1n) is 5.50. The number of aryl methyl sites for hydroxylation is 1. The van der Waals surface area contributed by atoms with E-state index in [0.29, 0.717) is 18.0 Å². The van der Waals surface area contributed by atoms with Gasteiger partial charge < -0.3 is 0 Å². The topological polar surface area (TPSA) is 57.1 Å². The van der Waals surface area contributed by atoms with Crippen molar-refractivity contribution in [2.24, 2.45) is 0 Å². The van der Waals surface area contributed by atoms with E-state index in [1.54, 1.807) is 6.92 Å². The van der Waals surface area contributed by atoms with Crippen LogP contribution in [0.2, 0.25) is 0 Å². The molecule has 0 aliphatic rings. The van der Waals surface area contributed by atoms with Crippen LogP contribution >= 0.6 is 9.24 Å². The molecule has 0 spiro atoms. The molecule has 0 saturated carbocycles. The maximum Gasteiger partial charge on any atom is 0.357 e. The van der Waals surface area contributed by atoms with Crippen LogP contribution in [0.3, 0.4) is 0 Å². The van der Waals surface area contributed by atoms with Crippen molar-refractivity contribution >= 4 is 14.8 Å². The van der Waals surface area contributed by atoms with E-state index in [2.05, 4.69) is 31.1 Å². The van der Waals surface area contributed by atoms with Crippen molar-refractivity contribution in [1.29, 1.82) is 0 Å². The Labute approximate surface area is 99.1 Å². The minimum atomic E-state index is 0.207. The van der Waals surface area contributed by atoms with Gasteiger partial charge in [-0.05, 0) is 13.3 Å². The van der Waals surface area contributed by atoms with Gasteiger partial charge in [-0.15, -0.1) is 0 Å². The Kier molecular flexibility index (Phi) is 8.96. The van der Waals surface area contributed by atoms with Crippen LogP contribution in [0, 0.1) is 6.92 Å². The average Bonchev–Trinajstić information content (AvgIpc) is 2.26. The molecule has 1 rings (SSSR count). The van der Waals surface area contributed by atoms with Gasteiger partial charge in [0.1, 0.15) is 5.82 Å². The van der Waals surface area contributed by atoms with E-state index in [1.165, 1.54) is 0 Å². The summed E-state index contributed by atoms with van der Waals surface area (Å²) in [5, 5.41) is 0. The molecule has 0 saturated heterocycles. The SMILES string of the molecule is CC.CCCCOOc1nc(C)nc(P)n1. The molecule has 0 aliphatic carbocycles. The number of hydrogen-bond donors (Lipinski definition) is 0. The molecule has 6 heteroatoms. The van der Waals surface area contributed by atoms with Crippen LogP contribution in [0.15, 0.2) is 0 Å². The fraction of sp³-hybridized carbons (Fsp3) is 0.700. The van der Waals surface area contributed by atoms with Crippen molar-refractivity contribution < 1.29 is 9.78 Å². The monoisotopic (exact) mass is 245 g/mol. The summed E-state index contributed by atoms with van der Waals surface area (Å²) in [5.41, 5.74) is 0.548. The van der Waals surface area contributed by atoms with Gasteiger partial charge in [0.25, 0.3) is 0 Å². The highest BCUT2D eigenvalue weighted by Crippen LogP contribution is 2.01. The normalized spacial score (nSPS) is 9.31. The van der Waals surface area contributed by atoms with Crippen LogP contribution in [-0.4, -0.2) is 21.6 Å². The standard InChI is InChI=1S/C8H14N3O2P.C2H6/c1-3-4-5-12-13-7-9-6(2)10-8(14)11-7;1-2/h3-5,14H2,1-2H3;1-2H3. The number of unbranched alkanes of at least 4 members (excludes halogenated alkanes) is 1. The number of hydrogen-bond acceptors (Lipinski definition) is 5. The molecule has 0 radical (unpaired) electrons. The summed E-state index contributed by atoms with van der Waals surface area (Å²) in [7, 11) is 2.39. The Morgan fingerprint density at radius 1 is 1.19 bits per heavy atom. The molecule has 1 atom stereocenters. The van der Waals surface area contributed by atoms with E-state index < -0.39 is 0 Å². The van der Waals surface area contributed by atoms with E-state index in [4.69, 9.17) is 9.78 Å². The molecule has 92 valence electrons. The second-order valence-corrected chi connectivity index (χ2v) is 3.30. The minimum Gasteiger partial charge on any atom is -0.295 e. The number of aromatic nitrogens is 3. The summed E-state index contributed by atoms with van der Waals surface area (Å²) in [5.74, 6) is 0.610. The van der Waals surface area contributed by atoms with Gasteiger partial charge in [-0.3, -0.25) is 4.89 Å². The van der Waals surface area contributed by atoms with Gasteiger partial charge in [-0.1, -0.05) is 36.4 Å². The number of rotatable bonds is 5. The molecule has 5 nitrogen and oxygen atoms in total. The second kappa shape index (κ2) is 9.43. The maximum atomic E-state index is 4.91. The van der Waals surface area contributed by atoms with Crippen LogP contribution in [0.1, 0.15) is 39.4 Å². The largest absolute Gasteiger partial charge is 0.357 e. The molecule has 0 N–H and O–H groups in total. The summed E-state index contributed by atoms with van der Waals surface area (Å²) < 4.78 is 0. The molecule has 0 fully saturated rings. The highest BCUT2D eigenvalue weighted by molar-refractivity contribution is 7.26. The van der Waals surface area contributed by atoms with Gasteiger partial charge in [-0.25, -0.2) is 4.98 Å². The minimum absolute atomic E-state index is 0.207. The molecule has 1 aromatic rings. The zero-order valence-corrected chi connectivity index (χ0v) is 11.5. The summed E-state index contributed by atoms with van der Waals surface area (Å²) in [6, 6.07) is 0.207. The lowest BCUT2D eigenvalue weighted by Crippen LogP contribution is -2.11. The molecular weight excluding hydrogens is 225 g/mol. The Morgan fingerprint density at radius 3 is 2.44 bits per heavy atom. The van der Waals surface area contributed by atoms with Gasteiger partial charge in [0.2, 0.25) is 0 Å². The summed E-state index contributed by atoms with van der Waals surface area (Å²) in [4.78, 5) is 21.7. The quantitative estimate of drug-likeness (QED) is 0.343. The molecule has 0 aromatic carbocycles. The predicted molar refractivity (Wildman–Crippen MR) is 66.7 cm³/mol. The zero-order valence-electron chi connectivity index (χ0n) is 10.4. The fourth-order valence-corrected chi connectivity index (χ4v) is 1.11. The van der Waals surface area contributed by atoms with Crippen molar-refractivity contribution in [3.8, 4) is 6.01 Å². The van der Waals surface area contributed by atoms with Gasteiger partial charge in [0.05, 0.1) is 6.61 Å². The van der Waals surface area contributed by atoms with E-state index >= 15 is 0 Å². The lowest BCUT2D eigenvalue weighted by Gasteiger charge is -2.03. The Bertz CT molecular complexity index is 277. The Balaban J connectivity index is 0.00000106. The third-order valence-electron chi connectivity index (χ3n) is 1.46. The zero-order chi connectivity index (χ0) is 12.4. The first-order chi connectivity index (χ1) is 7.72. The molecule has 0 amide bonds. The van der Waals surface area contributed by atoms with E-state index in [-0.39, 0.29) is 6.01 Å². The van der Waals surface area contributed by atoms with Crippen LogP contribution in [0.25, 0.3) is 0 Å². The first kappa shape index (κ1) is 15.2. The van der Waals surface area contributed by atoms with Crippen molar-refractivity contribution in [2.45, 2.75) is 40.5 Å². The molecule has 1 unspecified atom stereocenters. The smallest absolute Gasteiger partial charge is 0.295 e. The van der Waals surface area contributed by atoms with Gasteiger partial charge >= 0.3 is 6.01 Å². The molecule has 0 bridgehead atoms. The summed E-state index contributed by atoms with van der Waals surface area (Å²) >= 11 is 0. The average molecular weight is 245 g/mol. The molecule has 1 aromatic heterocycles. The van der Waals surface area contributed by atoms with E-state index in [1.807, 2.05) is 13.8 Å². The van der Waals surface area contributed by atoms with Crippen LogP contribution in [0.4, 0.5) is 0 Å². The third-order valence-corrected chi connectivity index (χ3v) is 1.72. The molecule has 0 aliphatic heterocycles. The summed E-state index contributed by atoms with van der Waals surface area (Å²) in [6.07, 6.45) is 2.02.